The van der Waals surface area contributed by atoms with E-state index in [9.17, 15) is 9.50 Å². The maximum atomic E-state index is 13.2. The van der Waals surface area contributed by atoms with Crippen molar-refractivity contribution in [3.63, 3.8) is 0 Å². The molecule has 3 aromatic rings. The minimum atomic E-state index is -0.618. The molecule has 2 aromatic carbocycles. The molecule has 4 heteroatoms. The summed E-state index contributed by atoms with van der Waals surface area (Å²) in [5.74, 6) is -0.708. The number of aromatic nitrogens is 1. The molecule has 20 heavy (non-hydrogen) atoms. The summed E-state index contributed by atoms with van der Waals surface area (Å²) in [5, 5.41) is 10.9. The lowest BCUT2D eigenvalue weighted by Crippen LogP contribution is -1.93. The zero-order chi connectivity index (χ0) is 14.1. The third-order valence-electron chi connectivity index (χ3n) is 3.24. The van der Waals surface area contributed by atoms with Crippen LogP contribution in [0.4, 0.5) is 4.39 Å². The van der Waals surface area contributed by atoms with E-state index in [0.717, 1.165) is 22.5 Å². The molecule has 1 heterocycles. The van der Waals surface area contributed by atoms with Crippen LogP contribution in [-0.2, 0) is 6.42 Å². The van der Waals surface area contributed by atoms with E-state index < -0.39 is 5.82 Å². The molecule has 2 nitrogen and oxygen atoms in total. The fraction of sp³-hybridized carbons (Fsp3) is 0.0625. The summed E-state index contributed by atoms with van der Waals surface area (Å²) in [5.41, 5.74) is 2.49. The van der Waals surface area contributed by atoms with E-state index in [2.05, 4.69) is 4.98 Å². The van der Waals surface area contributed by atoms with Crippen LogP contribution in [0.1, 0.15) is 11.1 Å². The fourth-order valence-corrected chi connectivity index (χ4v) is 2.42. The molecular weight excluding hydrogens is 277 g/mol. The first kappa shape index (κ1) is 12.9. The molecule has 100 valence electrons. The Morgan fingerprint density at radius 1 is 1.10 bits per heavy atom. The predicted octanol–water partition coefficient (Wildman–Crippen LogP) is 4.32. The van der Waals surface area contributed by atoms with Crippen molar-refractivity contribution in [2.45, 2.75) is 6.42 Å². The first-order valence-electron chi connectivity index (χ1n) is 6.14. The van der Waals surface area contributed by atoms with Gasteiger partial charge < -0.3 is 5.11 Å². The summed E-state index contributed by atoms with van der Waals surface area (Å²) >= 11 is 5.77. The Labute approximate surface area is 120 Å². The molecule has 0 amide bonds. The lowest BCUT2D eigenvalue weighted by atomic mass is 10.0. The van der Waals surface area contributed by atoms with Gasteiger partial charge in [-0.15, -0.1) is 0 Å². The van der Waals surface area contributed by atoms with Crippen LogP contribution in [-0.4, -0.2) is 10.1 Å². The number of phenolic OH excluding ortho intramolecular Hbond substituents is 1. The van der Waals surface area contributed by atoms with Crippen LogP contribution < -0.4 is 0 Å². The van der Waals surface area contributed by atoms with Gasteiger partial charge in [-0.1, -0.05) is 29.8 Å². The first-order valence-corrected chi connectivity index (χ1v) is 6.52. The SMILES string of the molecule is Oc1cc(F)c(Cl)cc1Cc1ccnc2ccccc12. The molecule has 1 aromatic heterocycles. The third-order valence-corrected chi connectivity index (χ3v) is 3.53. The number of hydrogen-bond acceptors (Lipinski definition) is 2. The molecule has 3 rings (SSSR count). The largest absolute Gasteiger partial charge is 0.508 e. The molecule has 0 fully saturated rings. The van der Waals surface area contributed by atoms with Crippen LogP contribution >= 0.6 is 11.6 Å². The Hall–Kier alpha value is -2.13. The lowest BCUT2D eigenvalue weighted by molar-refractivity contribution is 0.463. The number of benzene rings is 2. The minimum absolute atomic E-state index is 0.0103. The predicted molar refractivity (Wildman–Crippen MR) is 77.6 cm³/mol. The fourth-order valence-electron chi connectivity index (χ4n) is 2.23. The van der Waals surface area contributed by atoms with Crippen LogP contribution in [0, 0.1) is 5.82 Å². The Balaban J connectivity index is 2.08. The van der Waals surface area contributed by atoms with Gasteiger partial charge in [-0.2, -0.15) is 0 Å². The van der Waals surface area contributed by atoms with Gasteiger partial charge in [-0.05, 0) is 29.3 Å². The zero-order valence-corrected chi connectivity index (χ0v) is 11.2. The highest BCUT2D eigenvalue weighted by Gasteiger charge is 2.10. The summed E-state index contributed by atoms with van der Waals surface area (Å²) in [6, 6.07) is 12.1. The Kier molecular flexibility index (Phi) is 3.28. The highest BCUT2D eigenvalue weighted by atomic mass is 35.5. The minimum Gasteiger partial charge on any atom is -0.508 e. The van der Waals surface area contributed by atoms with Crippen LogP contribution in [0.2, 0.25) is 5.02 Å². The summed E-state index contributed by atoms with van der Waals surface area (Å²) in [7, 11) is 0. The Morgan fingerprint density at radius 2 is 1.90 bits per heavy atom. The van der Waals surface area contributed by atoms with Crippen LogP contribution in [0.25, 0.3) is 10.9 Å². The number of halogens is 2. The second-order valence-corrected chi connectivity index (χ2v) is 4.97. The molecular formula is C16H11ClFNO. The van der Waals surface area contributed by atoms with Crippen LogP contribution in [0.3, 0.4) is 0 Å². The second-order valence-electron chi connectivity index (χ2n) is 4.56. The molecule has 0 aliphatic rings. The zero-order valence-electron chi connectivity index (χ0n) is 10.5. The van der Waals surface area contributed by atoms with Crippen molar-refractivity contribution in [1.29, 1.82) is 0 Å². The van der Waals surface area contributed by atoms with Crippen LogP contribution in [0.5, 0.6) is 5.75 Å². The van der Waals surface area contributed by atoms with E-state index in [4.69, 9.17) is 11.6 Å². The molecule has 0 bridgehead atoms. The molecule has 1 N–H and O–H groups in total. The van der Waals surface area contributed by atoms with E-state index >= 15 is 0 Å². The topological polar surface area (TPSA) is 33.1 Å². The summed E-state index contributed by atoms with van der Waals surface area (Å²) in [6.45, 7) is 0. The maximum absolute atomic E-state index is 13.2. The van der Waals surface area contributed by atoms with E-state index in [1.165, 1.54) is 6.07 Å². The first-order chi connectivity index (χ1) is 9.65. The van der Waals surface area contributed by atoms with E-state index in [-0.39, 0.29) is 10.8 Å². The summed E-state index contributed by atoms with van der Waals surface area (Å²) in [4.78, 5) is 4.29. The third kappa shape index (κ3) is 2.32. The number of aromatic hydroxyl groups is 1. The van der Waals surface area contributed by atoms with Gasteiger partial charge in [0.15, 0.2) is 0 Å². The highest BCUT2D eigenvalue weighted by Crippen LogP contribution is 2.28. The van der Waals surface area contributed by atoms with Gasteiger partial charge in [-0.25, -0.2) is 4.39 Å². The van der Waals surface area contributed by atoms with Gasteiger partial charge in [0.1, 0.15) is 11.6 Å². The standard InChI is InChI=1S/C16H11ClFNO/c17-13-8-11(16(20)9-14(13)18)7-10-5-6-19-15-4-2-1-3-12(10)15/h1-6,8-9,20H,7H2. The van der Waals surface area contributed by atoms with Crippen molar-refractivity contribution in [3.05, 3.63) is 70.6 Å². The number of pyridine rings is 1. The average Bonchev–Trinajstić information content (AvgIpc) is 2.45. The quantitative estimate of drug-likeness (QED) is 0.761. The van der Waals surface area contributed by atoms with Crippen molar-refractivity contribution in [2.24, 2.45) is 0 Å². The smallest absolute Gasteiger partial charge is 0.145 e. The average molecular weight is 288 g/mol. The van der Waals surface area contributed by atoms with Gasteiger partial charge in [0, 0.05) is 24.1 Å². The maximum Gasteiger partial charge on any atom is 0.145 e. The van der Waals surface area contributed by atoms with Crippen molar-refractivity contribution in [3.8, 4) is 5.75 Å². The van der Waals surface area contributed by atoms with Gasteiger partial charge in [0.05, 0.1) is 10.5 Å². The molecule has 0 unspecified atom stereocenters. The molecule has 0 atom stereocenters. The van der Waals surface area contributed by atoms with Gasteiger partial charge >= 0.3 is 0 Å². The lowest BCUT2D eigenvalue weighted by Gasteiger charge is -2.08. The van der Waals surface area contributed by atoms with Crippen molar-refractivity contribution in [1.82, 2.24) is 4.98 Å². The molecule has 0 aliphatic carbocycles. The van der Waals surface area contributed by atoms with Gasteiger partial charge in [-0.3, -0.25) is 4.98 Å². The van der Waals surface area contributed by atoms with E-state index in [1.807, 2.05) is 30.3 Å². The molecule has 0 saturated heterocycles. The monoisotopic (exact) mass is 287 g/mol. The van der Waals surface area contributed by atoms with Crippen molar-refractivity contribution < 1.29 is 9.50 Å². The Bertz CT molecular complexity index is 783. The molecule has 0 radical (unpaired) electrons. The summed E-state index contributed by atoms with van der Waals surface area (Å²) in [6.07, 6.45) is 2.19. The molecule has 0 aliphatic heterocycles. The van der Waals surface area contributed by atoms with Crippen molar-refractivity contribution in [2.75, 3.05) is 0 Å². The number of fused-ring (bicyclic) bond motifs is 1. The number of nitrogens with zero attached hydrogens (tertiary/aromatic N) is 1. The normalized spacial score (nSPS) is 10.9. The van der Waals surface area contributed by atoms with Crippen LogP contribution in [0.15, 0.2) is 48.7 Å². The highest BCUT2D eigenvalue weighted by molar-refractivity contribution is 6.30. The Morgan fingerprint density at radius 3 is 2.75 bits per heavy atom. The van der Waals surface area contributed by atoms with E-state index in [1.54, 1.807) is 6.20 Å². The molecule has 0 spiro atoms. The number of hydrogen-bond donors (Lipinski definition) is 1. The summed E-state index contributed by atoms with van der Waals surface area (Å²) < 4.78 is 13.2. The second kappa shape index (κ2) is 5.10. The van der Waals surface area contributed by atoms with Gasteiger partial charge in [0.25, 0.3) is 0 Å². The van der Waals surface area contributed by atoms with Gasteiger partial charge in [0.2, 0.25) is 0 Å². The molecule has 0 saturated carbocycles. The number of rotatable bonds is 2. The number of phenols is 1. The number of para-hydroxylation sites is 1. The van der Waals surface area contributed by atoms with Crippen molar-refractivity contribution >= 4 is 22.5 Å². The van der Waals surface area contributed by atoms with E-state index in [0.29, 0.717) is 12.0 Å².